The van der Waals surface area contributed by atoms with Gasteiger partial charge in [0.1, 0.15) is 0 Å². The molecule has 3 aromatic rings. The molecule has 0 saturated heterocycles. The van der Waals surface area contributed by atoms with Gasteiger partial charge < -0.3 is 15.1 Å². The van der Waals surface area contributed by atoms with E-state index in [1.165, 1.54) is 0 Å². The van der Waals surface area contributed by atoms with Crippen LogP contribution >= 0.6 is 0 Å². The quantitative estimate of drug-likeness (QED) is 0.444. The van der Waals surface area contributed by atoms with E-state index in [4.69, 9.17) is 1.37 Å². The van der Waals surface area contributed by atoms with Crippen molar-refractivity contribution in [1.29, 1.82) is 0 Å². The number of nitrogens with one attached hydrogen (secondary N) is 2. The van der Waals surface area contributed by atoms with Gasteiger partial charge in [-0.3, -0.25) is 0 Å². The number of aromatic amines is 2. The van der Waals surface area contributed by atoms with Crippen LogP contribution in [-0.4, -0.2) is 31.6 Å². The topological polar surface area (TPSA) is 77.6 Å². The molecule has 132 valence electrons. The van der Waals surface area contributed by atoms with Crippen molar-refractivity contribution in [3.05, 3.63) is 70.8 Å². The van der Waals surface area contributed by atoms with Crippen LogP contribution in [0, 0.1) is 0 Å². The van der Waals surface area contributed by atoms with Crippen LogP contribution in [-0.2, 0) is 6.42 Å². The minimum absolute atomic E-state index is 0.0101. The average molecular weight is 355 g/mol. The van der Waals surface area contributed by atoms with E-state index in [1.807, 2.05) is 60.7 Å². The second kappa shape index (κ2) is 6.37. The predicted molar refractivity (Wildman–Crippen MR) is 110 cm³/mol. The van der Waals surface area contributed by atoms with Crippen molar-refractivity contribution < 1.29 is 6.48 Å². The highest BCUT2D eigenvalue weighted by atomic mass is 16.2. The van der Waals surface area contributed by atoms with E-state index >= 15 is 0 Å². The summed E-state index contributed by atoms with van der Waals surface area (Å²) < 4.78 is 8.52. The van der Waals surface area contributed by atoms with Crippen molar-refractivity contribution in [3.63, 3.8) is 0 Å². The molecule has 5 heterocycles. The third-order valence-corrected chi connectivity index (χ3v) is 4.53. The van der Waals surface area contributed by atoms with Crippen LogP contribution in [0.25, 0.3) is 46.4 Å². The largest absolute Gasteiger partial charge is 0.396 e. The number of fused-ring (bicyclic) bond motifs is 8. The Balaban J connectivity index is 1.87. The van der Waals surface area contributed by atoms with Gasteiger partial charge in [0.2, 0.25) is 0 Å². The molecule has 0 spiro atoms. The maximum absolute atomic E-state index is 9.44. The molecule has 5 nitrogen and oxygen atoms in total. The van der Waals surface area contributed by atoms with Crippen molar-refractivity contribution in [2.24, 2.45) is 0 Å². The monoisotopic (exact) mass is 355 g/mol. The van der Waals surface area contributed by atoms with Crippen LogP contribution in [0.2, 0.25) is 0 Å². The molecule has 0 fully saturated rings. The van der Waals surface area contributed by atoms with Gasteiger partial charge in [-0.25, -0.2) is 9.97 Å². The zero-order valence-electron chi connectivity index (χ0n) is 15.5. The Morgan fingerprint density at radius 3 is 2.11 bits per heavy atom. The van der Waals surface area contributed by atoms with E-state index in [9.17, 15) is 5.11 Å². The number of aliphatic hydroxyl groups is 1. The highest BCUT2D eigenvalue weighted by Crippen LogP contribution is 2.19. The van der Waals surface area contributed by atoms with Crippen LogP contribution in [0.4, 0.5) is 0 Å². The van der Waals surface area contributed by atoms with E-state index < -0.39 is 0 Å². The summed E-state index contributed by atoms with van der Waals surface area (Å²) in [6.45, 7) is -0.0101. The summed E-state index contributed by atoms with van der Waals surface area (Å²) in [5, 5.41) is 9.44. The summed E-state index contributed by atoms with van der Waals surface area (Å²) in [4.78, 5) is 15.9. The third-order valence-electron chi connectivity index (χ3n) is 4.53. The van der Waals surface area contributed by atoms with E-state index in [0.717, 1.165) is 44.9 Å². The molecule has 0 aliphatic carbocycles. The molecular weight excluding hydrogens is 336 g/mol. The van der Waals surface area contributed by atoms with Crippen molar-refractivity contribution in [3.8, 4) is 0 Å². The highest BCUT2D eigenvalue weighted by Gasteiger charge is 2.05. The molecule has 5 heteroatoms. The Bertz CT molecular complexity index is 1300. The first-order chi connectivity index (χ1) is 13.7. The van der Waals surface area contributed by atoms with E-state index in [1.54, 1.807) is 0 Å². The molecule has 0 saturated carbocycles. The lowest BCUT2D eigenvalue weighted by atomic mass is 10.2. The Kier molecular flexibility index (Phi) is 3.47. The number of rotatable bonds is 2. The molecule has 3 aromatic heterocycles. The van der Waals surface area contributed by atoms with Crippen LogP contribution in [0.5, 0.6) is 0 Å². The third kappa shape index (κ3) is 3.20. The van der Waals surface area contributed by atoms with Crippen LogP contribution in [0.3, 0.4) is 0 Å². The number of hydrogen-bond acceptors (Lipinski definition) is 3. The summed E-state index contributed by atoms with van der Waals surface area (Å²) in [6, 6.07) is 12.1. The zero-order chi connectivity index (χ0) is 19.1. The molecule has 0 radical (unpaired) electrons. The smallest absolute Gasteiger partial charge is 0.0659 e. The van der Waals surface area contributed by atoms with Gasteiger partial charge in [-0.05, 0) is 78.7 Å². The SMILES string of the molecule is [2H]c1c(CCO)c2cc3nc(cc4nc(cc5ccc(cc1[nH]2)[nH]5)C=C4)C=C3. The van der Waals surface area contributed by atoms with Crippen molar-refractivity contribution in [2.45, 2.75) is 6.42 Å². The second-order valence-electron chi connectivity index (χ2n) is 6.57. The molecule has 0 unspecified atom stereocenters. The molecule has 5 rings (SSSR count). The highest BCUT2D eigenvalue weighted by molar-refractivity contribution is 5.78. The maximum Gasteiger partial charge on any atom is 0.0659 e. The Morgan fingerprint density at radius 2 is 1.41 bits per heavy atom. The Hall–Kier alpha value is -3.44. The van der Waals surface area contributed by atoms with Gasteiger partial charge in [0, 0.05) is 28.7 Å². The first kappa shape index (κ1) is 14.7. The fourth-order valence-electron chi connectivity index (χ4n) is 3.31. The van der Waals surface area contributed by atoms with Crippen LogP contribution in [0.15, 0.2) is 42.4 Å². The summed E-state index contributed by atoms with van der Waals surface area (Å²) in [7, 11) is 0. The predicted octanol–water partition coefficient (Wildman–Crippen LogP) is 4.19. The summed E-state index contributed by atoms with van der Waals surface area (Å²) in [5.41, 5.74) is 7.48. The lowest BCUT2D eigenvalue weighted by molar-refractivity contribution is 0.300. The van der Waals surface area contributed by atoms with Gasteiger partial charge in [-0.15, -0.1) is 0 Å². The summed E-state index contributed by atoms with van der Waals surface area (Å²) >= 11 is 0. The van der Waals surface area contributed by atoms with E-state index in [-0.39, 0.29) is 6.61 Å². The molecule has 2 aliphatic heterocycles. The summed E-state index contributed by atoms with van der Waals surface area (Å²) in [5.74, 6) is 0. The number of H-pyrrole nitrogens is 2. The number of nitrogens with zero attached hydrogens (tertiary/aromatic N) is 2. The summed E-state index contributed by atoms with van der Waals surface area (Å²) in [6.07, 6.45) is 8.25. The van der Waals surface area contributed by atoms with Crippen molar-refractivity contribution in [2.75, 3.05) is 6.61 Å². The molecule has 8 bridgehead atoms. The molecule has 0 aromatic carbocycles. The number of aromatic nitrogens is 4. The molecule has 2 aliphatic rings. The molecule has 0 atom stereocenters. The minimum Gasteiger partial charge on any atom is -0.396 e. The molecule has 3 N–H and O–H groups in total. The lowest BCUT2D eigenvalue weighted by Gasteiger charge is -1.92. The first-order valence-corrected chi connectivity index (χ1v) is 8.86. The molecular formula is C22H18N4O. The lowest BCUT2D eigenvalue weighted by Crippen LogP contribution is -1.88. The van der Waals surface area contributed by atoms with Gasteiger partial charge in [0.05, 0.1) is 24.1 Å². The number of hydrogen-bond donors (Lipinski definition) is 3. The average Bonchev–Trinajstić information content (AvgIpc) is 3.44. The van der Waals surface area contributed by atoms with Gasteiger partial charge in [0.15, 0.2) is 0 Å². The maximum atomic E-state index is 9.44. The van der Waals surface area contributed by atoms with Gasteiger partial charge in [0.25, 0.3) is 0 Å². The van der Waals surface area contributed by atoms with Crippen LogP contribution < -0.4 is 0 Å². The first-order valence-electron chi connectivity index (χ1n) is 9.36. The fourth-order valence-corrected chi connectivity index (χ4v) is 3.31. The Morgan fingerprint density at radius 1 is 0.778 bits per heavy atom. The van der Waals surface area contributed by atoms with Gasteiger partial charge >= 0.3 is 0 Å². The zero-order valence-corrected chi connectivity index (χ0v) is 14.5. The van der Waals surface area contributed by atoms with Crippen molar-refractivity contribution in [1.82, 2.24) is 19.9 Å². The van der Waals surface area contributed by atoms with E-state index in [0.29, 0.717) is 18.0 Å². The van der Waals surface area contributed by atoms with Crippen LogP contribution in [0.1, 0.15) is 29.7 Å². The number of aliphatic hydroxyl groups excluding tert-OH is 1. The minimum atomic E-state index is -0.0101. The van der Waals surface area contributed by atoms with Gasteiger partial charge in [-0.2, -0.15) is 0 Å². The second-order valence-corrected chi connectivity index (χ2v) is 6.57. The fraction of sp³-hybridized carbons (Fsp3) is 0.0909. The normalized spacial score (nSPS) is 13.1. The standard InChI is InChI=1S/C22H18N4O/c27-8-7-14-9-21-12-19-4-3-17(24-19)10-15-1-2-16(23-15)11-18-5-6-20(25-18)13-22(14)26-21/h1-6,9-13,24,26-27H,7-8H2/i9D. The van der Waals surface area contributed by atoms with Gasteiger partial charge in [-0.1, -0.05) is 0 Å². The Labute approximate surface area is 157 Å². The van der Waals surface area contributed by atoms with E-state index in [2.05, 4.69) is 19.9 Å². The molecule has 0 amide bonds. The van der Waals surface area contributed by atoms with Crippen molar-refractivity contribution >= 4 is 46.4 Å². The molecule has 27 heavy (non-hydrogen) atoms.